The Morgan fingerprint density at radius 3 is 2.67 bits per heavy atom. The van der Waals surface area contributed by atoms with Gasteiger partial charge in [0.05, 0.1) is 6.04 Å². The van der Waals surface area contributed by atoms with Gasteiger partial charge in [-0.3, -0.25) is 9.58 Å². The minimum absolute atomic E-state index is 0.0619. The van der Waals surface area contributed by atoms with Crippen molar-refractivity contribution in [1.29, 1.82) is 0 Å². The number of hydrogen-bond donors (Lipinski definition) is 1. The predicted octanol–water partition coefficient (Wildman–Crippen LogP) is 1.37. The highest BCUT2D eigenvalue weighted by atomic mass is 19.4. The molecule has 1 saturated heterocycles. The lowest BCUT2D eigenvalue weighted by Gasteiger charge is -2.38. The Morgan fingerprint density at radius 2 is 2.04 bits per heavy atom. The topological polar surface area (TPSA) is 71.2 Å². The van der Waals surface area contributed by atoms with Crippen LogP contribution in [-0.4, -0.2) is 61.8 Å². The first-order valence-electron chi connectivity index (χ1n) is 8.46. The number of imidazole rings is 1. The molecule has 2 aromatic rings. The van der Waals surface area contributed by atoms with Gasteiger partial charge in [-0.15, -0.1) is 0 Å². The van der Waals surface area contributed by atoms with E-state index in [1.165, 1.54) is 13.2 Å². The highest BCUT2D eigenvalue weighted by Gasteiger charge is 2.37. The summed E-state index contributed by atoms with van der Waals surface area (Å²) in [6.45, 7) is 1.31. The van der Waals surface area contributed by atoms with Crippen LogP contribution in [0.2, 0.25) is 0 Å². The van der Waals surface area contributed by atoms with E-state index in [1.807, 2.05) is 24.9 Å². The zero-order chi connectivity index (χ0) is 19.8. The molecule has 0 aliphatic carbocycles. The minimum Gasteiger partial charge on any atom is -0.337 e. The zero-order valence-electron chi connectivity index (χ0n) is 15.4. The number of aryl methyl sites for hydroxylation is 2. The molecule has 0 saturated carbocycles. The molecule has 3 heterocycles. The van der Waals surface area contributed by atoms with E-state index in [4.69, 9.17) is 0 Å². The van der Waals surface area contributed by atoms with Gasteiger partial charge in [-0.05, 0) is 7.05 Å². The van der Waals surface area contributed by atoms with Gasteiger partial charge in [0.25, 0.3) is 0 Å². The van der Waals surface area contributed by atoms with Gasteiger partial charge in [0.2, 0.25) is 0 Å². The average Bonchev–Trinajstić information content (AvgIpc) is 3.18. The van der Waals surface area contributed by atoms with E-state index in [1.54, 1.807) is 11.1 Å². The van der Waals surface area contributed by atoms with E-state index < -0.39 is 17.9 Å². The molecule has 1 fully saturated rings. The Balaban J connectivity index is 1.66. The number of carbonyl (C=O) groups excluding carboxylic acids is 1. The molecule has 3 rings (SSSR count). The third kappa shape index (κ3) is 4.07. The second-order valence-corrected chi connectivity index (χ2v) is 6.67. The van der Waals surface area contributed by atoms with Crippen molar-refractivity contribution in [2.45, 2.75) is 18.8 Å². The lowest BCUT2D eigenvalue weighted by Crippen LogP contribution is -2.52. The summed E-state index contributed by atoms with van der Waals surface area (Å²) < 4.78 is 42.0. The number of hydrogen-bond acceptors (Lipinski definition) is 4. The summed E-state index contributed by atoms with van der Waals surface area (Å²) in [4.78, 5) is 20.6. The third-order valence-corrected chi connectivity index (χ3v) is 4.69. The quantitative estimate of drug-likeness (QED) is 0.867. The summed E-state index contributed by atoms with van der Waals surface area (Å²) in [5.41, 5.74) is -1.04. The van der Waals surface area contributed by atoms with E-state index in [0.29, 0.717) is 19.6 Å². The molecule has 1 aliphatic heterocycles. The monoisotopic (exact) mass is 385 g/mol. The van der Waals surface area contributed by atoms with Gasteiger partial charge in [0.1, 0.15) is 5.82 Å². The Kier molecular flexibility index (Phi) is 5.13. The van der Waals surface area contributed by atoms with E-state index in [2.05, 4.69) is 20.3 Å². The van der Waals surface area contributed by atoms with Crippen LogP contribution >= 0.6 is 0 Å². The summed E-state index contributed by atoms with van der Waals surface area (Å²) in [7, 11) is 5.26. The molecule has 1 N–H and O–H groups in total. The fraction of sp³-hybridized carbons (Fsp3) is 0.562. The fourth-order valence-corrected chi connectivity index (χ4v) is 3.22. The van der Waals surface area contributed by atoms with Crippen LogP contribution in [0.4, 0.5) is 18.0 Å². The van der Waals surface area contributed by atoms with Crippen molar-refractivity contribution in [3.8, 4) is 0 Å². The molecule has 1 unspecified atom stereocenters. The highest BCUT2D eigenvalue weighted by Crippen LogP contribution is 2.30. The van der Waals surface area contributed by atoms with Crippen LogP contribution < -0.4 is 5.32 Å². The number of amides is 2. The molecule has 2 amide bonds. The Bertz CT molecular complexity index is 813. The van der Waals surface area contributed by atoms with Crippen LogP contribution in [0.25, 0.3) is 0 Å². The van der Waals surface area contributed by atoms with Gasteiger partial charge >= 0.3 is 12.2 Å². The Hall–Kier alpha value is -2.56. The number of halogens is 3. The first-order chi connectivity index (χ1) is 12.7. The van der Waals surface area contributed by atoms with E-state index in [0.717, 1.165) is 10.5 Å². The SMILES string of the molecule is CN1CCN(C(=O)NCc2cn(C)nc2C(F)(F)F)CC1c1nccn1C. The lowest BCUT2D eigenvalue weighted by atomic mass is 10.1. The summed E-state index contributed by atoms with van der Waals surface area (Å²) in [6, 6.07) is -0.479. The van der Waals surface area contributed by atoms with Crippen LogP contribution in [0.5, 0.6) is 0 Å². The van der Waals surface area contributed by atoms with Crippen molar-refractivity contribution >= 4 is 6.03 Å². The van der Waals surface area contributed by atoms with Crippen LogP contribution in [-0.2, 0) is 26.8 Å². The summed E-state index contributed by atoms with van der Waals surface area (Å²) in [5.74, 6) is 0.835. The number of carbonyl (C=O) groups is 1. The molecule has 0 aromatic carbocycles. The molecule has 2 aromatic heterocycles. The highest BCUT2D eigenvalue weighted by molar-refractivity contribution is 5.74. The number of nitrogens with zero attached hydrogens (tertiary/aromatic N) is 6. The minimum atomic E-state index is -4.56. The van der Waals surface area contributed by atoms with Crippen molar-refractivity contribution in [1.82, 2.24) is 34.4 Å². The van der Waals surface area contributed by atoms with Crippen molar-refractivity contribution in [2.24, 2.45) is 14.1 Å². The van der Waals surface area contributed by atoms with Crippen LogP contribution in [0.1, 0.15) is 23.1 Å². The average molecular weight is 385 g/mol. The molecular weight excluding hydrogens is 363 g/mol. The normalized spacial score (nSPS) is 18.7. The molecule has 0 bridgehead atoms. The number of rotatable bonds is 3. The number of nitrogens with one attached hydrogen (secondary N) is 1. The molecule has 1 aliphatic rings. The van der Waals surface area contributed by atoms with Crippen molar-refractivity contribution in [3.63, 3.8) is 0 Å². The van der Waals surface area contributed by atoms with Gasteiger partial charge < -0.3 is 14.8 Å². The summed E-state index contributed by atoms with van der Waals surface area (Å²) in [5, 5.41) is 6.02. The van der Waals surface area contributed by atoms with Gasteiger partial charge in [0, 0.05) is 64.4 Å². The van der Waals surface area contributed by atoms with Crippen LogP contribution in [0.15, 0.2) is 18.6 Å². The van der Waals surface area contributed by atoms with Crippen molar-refractivity contribution in [3.05, 3.63) is 35.7 Å². The zero-order valence-corrected chi connectivity index (χ0v) is 15.4. The first kappa shape index (κ1) is 19.2. The largest absolute Gasteiger partial charge is 0.435 e. The number of likely N-dealkylation sites (N-methyl/N-ethyl adjacent to an activating group) is 1. The van der Waals surface area contributed by atoms with Gasteiger partial charge in [-0.1, -0.05) is 0 Å². The molecule has 148 valence electrons. The maximum atomic E-state index is 13.0. The third-order valence-electron chi connectivity index (χ3n) is 4.69. The lowest BCUT2D eigenvalue weighted by molar-refractivity contribution is -0.142. The molecule has 8 nitrogen and oxygen atoms in total. The predicted molar refractivity (Wildman–Crippen MR) is 90.6 cm³/mol. The number of alkyl halides is 3. The molecule has 1 atom stereocenters. The molecule has 11 heteroatoms. The molecule has 0 radical (unpaired) electrons. The smallest absolute Gasteiger partial charge is 0.337 e. The van der Waals surface area contributed by atoms with Gasteiger partial charge in [0.15, 0.2) is 5.69 Å². The van der Waals surface area contributed by atoms with Crippen molar-refractivity contribution < 1.29 is 18.0 Å². The van der Waals surface area contributed by atoms with E-state index >= 15 is 0 Å². The van der Waals surface area contributed by atoms with Gasteiger partial charge in [-0.2, -0.15) is 18.3 Å². The van der Waals surface area contributed by atoms with E-state index in [9.17, 15) is 18.0 Å². The molecular formula is C16H22F3N7O. The van der Waals surface area contributed by atoms with Crippen LogP contribution in [0.3, 0.4) is 0 Å². The second kappa shape index (κ2) is 7.22. The first-order valence-corrected chi connectivity index (χ1v) is 8.46. The molecule has 27 heavy (non-hydrogen) atoms. The number of urea groups is 1. The second-order valence-electron chi connectivity index (χ2n) is 6.67. The standard InChI is InChI=1S/C16H22F3N7O/c1-23-6-7-26(10-12(23)14-20-4-5-24(14)2)15(27)21-8-11-9-25(3)22-13(11)16(17,18)19/h4-5,9,12H,6-8,10H2,1-3H3,(H,21,27). The number of aromatic nitrogens is 4. The van der Waals surface area contributed by atoms with Crippen LogP contribution in [0, 0.1) is 0 Å². The Labute approximate surface area is 154 Å². The summed E-state index contributed by atoms with van der Waals surface area (Å²) >= 11 is 0. The maximum Gasteiger partial charge on any atom is 0.435 e. The Morgan fingerprint density at radius 1 is 1.30 bits per heavy atom. The molecule has 0 spiro atoms. The van der Waals surface area contributed by atoms with Gasteiger partial charge in [-0.25, -0.2) is 9.78 Å². The summed E-state index contributed by atoms with van der Waals surface area (Å²) in [6.07, 6.45) is 0.245. The maximum absolute atomic E-state index is 13.0. The van der Waals surface area contributed by atoms with E-state index in [-0.39, 0.29) is 18.2 Å². The number of piperazine rings is 1. The van der Waals surface area contributed by atoms with Crippen molar-refractivity contribution in [2.75, 3.05) is 26.7 Å². The fourth-order valence-electron chi connectivity index (χ4n) is 3.22.